The summed E-state index contributed by atoms with van der Waals surface area (Å²) in [7, 11) is 1.66. The van der Waals surface area contributed by atoms with Gasteiger partial charge in [-0.05, 0) is 18.6 Å². The van der Waals surface area contributed by atoms with Crippen molar-refractivity contribution in [2.45, 2.75) is 13.5 Å². The third-order valence-electron chi connectivity index (χ3n) is 3.38. The van der Waals surface area contributed by atoms with Crippen LogP contribution in [0.2, 0.25) is 0 Å². The fourth-order valence-corrected chi connectivity index (χ4v) is 2.63. The number of pyridine rings is 1. The number of nitrogens with zero attached hydrogens (tertiary/aromatic N) is 2. The predicted molar refractivity (Wildman–Crippen MR) is 78.7 cm³/mol. The number of aryl methyl sites for hydroxylation is 1. The highest BCUT2D eigenvalue weighted by Crippen LogP contribution is 2.34. The molecule has 2 heterocycles. The molecule has 96 valence electrons. The summed E-state index contributed by atoms with van der Waals surface area (Å²) in [5, 5.41) is 2.38. The first kappa shape index (κ1) is 11.8. The molecule has 3 nitrogen and oxygen atoms in total. The zero-order valence-electron chi connectivity index (χ0n) is 11.2. The summed E-state index contributed by atoms with van der Waals surface area (Å²) < 4.78 is 7.60. The lowest BCUT2D eigenvalue weighted by Gasteiger charge is -2.08. The number of benzene rings is 1. The lowest BCUT2D eigenvalue weighted by molar-refractivity contribution is 0.402. The van der Waals surface area contributed by atoms with Crippen LogP contribution in [-0.4, -0.2) is 16.7 Å². The number of methoxy groups -OCH3 is 1. The lowest BCUT2D eigenvalue weighted by atomic mass is 10.1. The average Bonchev–Trinajstić information content (AvgIpc) is 2.76. The van der Waals surface area contributed by atoms with E-state index in [1.165, 1.54) is 16.3 Å². The fraction of sp³-hybridized carbons (Fsp3) is 0.188. The van der Waals surface area contributed by atoms with E-state index in [0.717, 1.165) is 17.6 Å². The van der Waals surface area contributed by atoms with Gasteiger partial charge in [-0.25, -0.2) is 4.98 Å². The Labute approximate surface area is 112 Å². The van der Waals surface area contributed by atoms with Crippen LogP contribution in [0.4, 0.5) is 0 Å². The average molecular weight is 252 g/mol. The van der Waals surface area contributed by atoms with Crippen LogP contribution in [0.3, 0.4) is 0 Å². The van der Waals surface area contributed by atoms with Gasteiger partial charge in [0, 0.05) is 23.5 Å². The number of hydrogen-bond acceptors (Lipinski definition) is 2. The number of para-hydroxylation sites is 1. The fourth-order valence-electron chi connectivity index (χ4n) is 2.63. The molecule has 0 aliphatic carbocycles. The molecule has 0 radical (unpaired) electrons. The minimum atomic E-state index is 0.670. The number of ether oxygens (including phenoxy) is 1. The molecule has 0 spiro atoms. The summed E-state index contributed by atoms with van der Waals surface area (Å²) in [5.74, 6) is 0.670. The number of aromatic nitrogens is 2. The molecule has 0 unspecified atom stereocenters. The van der Waals surface area contributed by atoms with E-state index in [4.69, 9.17) is 4.74 Å². The molecule has 0 aliphatic heterocycles. The quantitative estimate of drug-likeness (QED) is 0.665. The van der Waals surface area contributed by atoms with Crippen LogP contribution in [0.5, 0.6) is 5.88 Å². The van der Waals surface area contributed by atoms with Gasteiger partial charge >= 0.3 is 0 Å². The number of hydrogen-bond donors (Lipinski definition) is 0. The molecule has 0 atom stereocenters. The Hall–Kier alpha value is -2.29. The molecule has 19 heavy (non-hydrogen) atoms. The normalized spacial score (nSPS) is 11.1. The van der Waals surface area contributed by atoms with Crippen molar-refractivity contribution in [2.75, 3.05) is 7.11 Å². The molecule has 0 amide bonds. The van der Waals surface area contributed by atoms with Gasteiger partial charge in [-0.1, -0.05) is 24.3 Å². The SMILES string of the molecule is C=CCn1cc(C)c2c3ccccc3nc(OC)c21. The molecule has 1 aromatic carbocycles. The molecule has 0 fully saturated rings. The van der Waals surface area contributed by atoms with Crippen molar-refractivity contribution < 1.29 is 4.74 Å². The van der Waals surface area contributed by atoms with E-state index >= 15 is 0 Å². The van der Waals surface area contributed by atoms with Crippen LogP contribution in [0, 0.1) is 6.92 Å². The topological polar surface area (TPSA) is 27.1 Å². The summed E-state index contributed by atoms with van der Waals surface area (Å²) in [4.78, 5) is 4.60. The van der Waals surface area contributed by atoms with E-state index in [9.17, 15) is 0 Å². The minimum Gasteiger partial charge on any atom is -0.479 e. The van der Waals surface area contributed by atoms with Crippen molar-refractivity contribution >= 4 is 21.8 Å². The van der Waals surface area contributed by atoms with Crippen LogP contribution in [0.1, 0.15) is 5.56 Å². The van der Waals surface area contributed by atoms with Crippen LogP contribution in [-0.2, 0) is 6.54 Å². The van der Waals surface area contributed by atoms with Crippen molar-refractivity contribution in [3.8, 4) is 5.88 Å². The second-order valence-corrected chi connectivity index (χ2v) is 4.61. The molecule has 0 bridgehead atoms. The highest BCUT2D eigenvalue weighted by atomic mass is 16.5. The molecule has 0 saturated heterocycles. The number of allylic oxidation sites excluding steroid dienone is 1. The van der Waals surface area contributed by atoms with E-state index < -0.39 is 0 Å². The lowest BCUT2D eigenvalue weighted by Crippen LogP contribution is -1.97. The Morgan fingerprint density at radius 1 is 1.37 bits per heavy atom. The van der Waals surface area contributed by atoms with Crippen LogP contribution in [0.15, 0.2) is 43.1 Å². The summed E-state index contributed by atoms with van der Waals surface area (Å²) in [5.41, 5.74) is 3.23. The first-order valence-electron chi connectivity index (χ1n) is 6.29. The van der Waals surface area contributed by atoms with E-state index in [-0.39, 0.29) is 0 Å². The van der Waals surface area contributed by atoms with E-state index in [0.29, 0.717) is 5.88 Å². The van der Waals surface area contributed by atoms with Crippen molar-refractivity contribution in [3.05, 3.63) is 48.7 Å². The number of rotatable bonds is 3. The molecule has 0 N–H and O–H groups in total. The minimum absolute atomic E-state index is 0.670. The summed E-state index contributed by atoms with van der Waals surface area (Å²) in [6, 6.07) is 8.16. The van der Waals surface area contributed by atoms with Crippen LogP contribution >= 0.6 is 0 Å². The van der Waals surface area contributed by atoms with Gasteiger partial charge in [-0.3, -0.25) is 0 Å². The maximum absolute atomic E-state index is 5.47. The Morgan fingerprint density at radius 3 is 2.89 bits per heavy atom. The molecular formula is C16H16N2O. The molecule has 0 saturated carbocycles. The molecule has 3 heteroatoms. The standard InChI is InChI=1S/C16H16N2O/c1-4-9-18-10-11(2)14-12-7-5-6-8-13(12)17-16(19-3)15(14)18/h4-8,10H,1,9H2,2-3H3. The third kappa shape index (κ3) is 1.70. The first-order valence-corrected chi connectivity index (χ1v) is 6.29. The van der Waals surface area contributed by atoms with Gasteiger partial charge in [0.25, 0.3) is 0 Å². The van der Waals surface area contributed by atoms with Crippen molar-refractivity contribution in [2.24, 2.45) is 0 Å². The molecule has 3 rings (SSSR count). The predicted octanol–water partition coefficient (Wildman–Crippen LogP) is 3.69. The maximum Gasteiger partial charge on any atom is 0.238 e. The van der Waals surface area contributed by atoms with Gasteiger partial charge in [0.15, 0.2) is 0 Å². The summed E-state index contributed by atoms with van der Waals surface area (Å²) in [6.45, 7) is 6.68. The second kappa shape index (κ2) is 4.43. The third-order valence-corrected chi connectivity index (χ3v) is 3.38. The van der Waals surface area contributed by atoms with Crippen molar-refractivity contribution in [1.82, 2.24) is 9.55 Å². The van der Waals surface area contributed by atoms with E-state index in [1.807, 2.05) is 24.3 Å². The van der Waals surface area contributed by atoms with Crippen molar-refractivity contribution in [1.29, 1.82) is 0 Å². The van der Waals surface area contributed by atoms with Crippen LogP contribution < -0.4 is 4.74 Å². The monoisotopic (exact) mass is 252 g/mol. The zero-order chi connectivity index (χ0) is 13.4. The zero-order valence-corrected chi connectivity index (χ0v) is 11.2. The Kier molecular flexibility index (Phi) is 2.75. The van der Waals surface area contributed by atoms with Crippen LogP contribution in [0.25, 0.3) is 21.8 Å². The Bertz CT molecular complexity index is 771. The van der Waals surface area contributed by atoms with Gasteiger partial charge in [0.2, 0.25) is 5.88 Å². The Balaban J connectivity index is 2.52. The Morgan fingerprint density at radius 2 is 2.16 bits per heavy atom. The molecule has 2 aromatic heterocycles. The van der Waals surface area contributed by atoms with E-state index in [1.54, 1.807) is 7.11 Å². The van der Waals surface area contributed by atoms with Gasteiger partial charge in [0.05, 0.1) is 12.6 Å². The highest BCUT2D eigenvalue weighted by Gasteiger charge is 2.15. The smallest absolute Gasteiger partial charge is 0.238 e. The first-order chi connectivity index (χ1) is 9.26. The molecule has 0 aliphatic rings. The van der Waals surface area contributed by atoms with Crippen molar-refractivity contribution in [3.63, 3.8) is 0 Å². The van der Waals surface area contributed by atoms with Gasteiger partial charge in [-0.2, -0.15) is 0 Å². The number of fused-ring (bicyclic) bond motifs is 3. The highest BCUT2D eigenvalue weighted by molar-refractivity contribution is 6.08. The van der Waals surface area contributed by atoms with Gasteiger partial charge in [-0.15, -0.1) is 6.58 Å². The summed E-state index contributed by atoms with van der Waals surface area (Å²) >= 11 is 0. The largest absolute Gasteiger partial charge is 0.479 e. The van der Waals surface area contributed by atoms with Gasteiger partial charge in [0.1, 0.15) is 5.52 Å². The van der Waals surface area contributed by atoms with Gasteiger partial charge < -0.3 is 9.30 Å². The summed E-state index contributed by atoms with van der Waals surface area (Å²) in [6.07, 6.45) is 4.01. The molecule has 3 aromatic rings. The second-order valence-electron chi connectivity index (χ2n) is 4.61. The maximum atomic E-state index is 5.47. The van der Waals surface area contributed by atoms with E-state index in [2.05, 4.69) is 35.3 Å². The molecular weight excluding hydrogens is 236 g/mol.